The van der Waals surface area contributed by atoms with Gasteiger partial charge < -0.3 is 20.0 Å². The average molecular weight is 381 g/mol. The third-order valence-electron chi connectivity index (χ3n) is 5.02. The fraction of sp³-hybridized carbons (Fsp3) is 0.238. The number of nitrogens with zero attached hydrogens (tertiary/aromatic N) is 1. The second-order valence-corrected chi connectivity index (χ2v) is 7.09. The number of carbonyl (C=O) groups is 2. The van der Waals surface area contributed by atoms with Gasteiger partial charge in [-0.15, -0.1) is 0 Å². The molecule has 3 amide bonds. The van der Waals surface area contributed by atoms with Crippen molar-refractivity contribution >= 4 is 28.6 Å². The van der Waals surface area contributed by atoms with Gasteiger partial charge in [-0.25, -0.2) is 9.18 Å². The first-order chi connectivity index (χ1) is 13.3. The molecule has 1 aliphatic heterocycles. The minimum atomic E-state index is -0.405. The SMILES string of the molecule is Cc1c([C@H](C)NC(=O)Nc2ccc3c(c2)CN(C)C3=O)oc2ccc(F)cc12. The van der Waals surface area contributed by atoms with E-state index in [1.54, 1.807) is 43.1 Å². The molecule has 144 valence electrons. The normalized spacial score (nSPS) is 14.3. The quantitative estimate of drug-likeness (QED) is 0.708. The van der Waals surface area contributed by atoms with Gasteiger partial charge in [-0.2, -0.15) is 0 Å². The molecule has 2 aromatic carbocycles. The monoisotopic (exact) mass is 381 g/mol. The molecular formula is C21H20FN3O3. The number of hydrogen-bond acceptors (Lipinski definition) is 3. The van der Waals surface area contributed by atoms with Gasteiger partial charge in [-0.1, -0.05) is 0 Å². The van der Waals surface area contributed by atoms with E-state index in [-0.39, 0.29) is 11.7 Å². The second-order valence-electron chi connectivity index (χ2n) is 7.09. The molecule has 7 heteroatoms. The molecule has 0 bridgehead atoms. The number of rotatable bonds is 3. The Bertz CT molecular complexity index is 1110. The van der Waals surface area contributed by atoms with Crippen LogP contribution in [0.2, 0.25) is 0 Å². The molecule has 1 aromatic heterocycles. The van der Waals surface area contributed by atoms with Gasteiger partial charge in [-0.05, 0) is 55.8 Å². The number of furan rings is 1. The molecule has 0 saturated carbocycles. The maximum atomic E-state index is 13.5. The molecule has 2 N–H and O–H groups in total. The number of hydrogen-bond donors (Lipinski definition) is 2. The first-order valence-electron chi connectivity index (χ1n) is 8.98. The first kappa shape index (κ1) is 18.0. The highest BCUT2D eigenvalue weighted by Gasteiger charge is 2.24. The highest BCUT2D eigenvalue weighted by Crippen LogP contribution is 2.30. The van der Waals surface area contributed by atoms with Crippen LogP contribution in [-0.2, 0) is 6.54 Å². The summed E-state index contributed by atoms with van der Waals surface area (Å²) in [5.41, 5.74) is 3.52. The van der Waals surface area contributed by atoms with E-state index in [0.29, 0.717) is 34.5 Å². The maximum Gasteiger partial charge on any atom is 0.319 e. The Hall–Kier alpha value is -3.35. The summed E-state index contributed by atoms with van der Waals surface area (Å²) >= 11 is 0. The Kier molecular flexibility index (Phi) is 4.30. The summed E-state index contributed by atoms with van der Waals surface area (Å²) in [6.07, 6.45) is 0. The van der Waals surface area contributed by atoms with E-state index in [1.807, 2.05) is 6.92 Å². The Morgan fingerprint density at radius 3 is 2.82 bits per heavy atom. The van der Waals surface area contributed by atoms with Crippen molar-refractivity contribution in [2.24, 2.45) is 0 Å². The molecule has 0 fully saturated rings. The van der Waals surface area contributed by atoms with Gasteiger partial charge >= 0.3 is 6.03 Å². The minimum absolute atomic E-state index is 0.0172. The highest BCUT2D eigenvalue weighted by atomic mass is 19.1. The Balaban J connectivity index is 1.48. The van der Waals surface area contributed by atoms with E-state index in [4.69, 9.17) is 4.42 Å². The highest BCUT2D eigenvalue weighted by molar-refractivity contribution is 5.99. The standard InChI is InChI=1S/C21H20FN3O3/c1-11-17-9-14(22)4-7-18(17)28-19(11)12(2)23-21(27)24-15-5-6-16-13(8-15)10-25(3)20(16)26/h4-9,12H,10H2,1-3H3,(H2,23,24,27)/t12-/m0/s1. The van der Waals surface area contributed by atoms with E-state index < -0.39 is 12.1 Å². The molecule has 3 aromatic rings. The number of halogens is 1. The van der Waals surface area contributed by atoms with E-state index >= 15 is 0 Å². The summed E-state index contributed by atoms with van der Waals surface area (Å²) in [6.45, 7) is 4.16. The van der Waals surface area contributed by atoms with Crippen LogP contribution in [0.1, 0.15) is 40.2 Å². The number of fused-ring (bicyclic) bond motifs is 2. The van der Waals surface area contributed by atoms with Crippen molar-refractivity contribution in [1.82, 2.24) is 10.2 Å². The number of amides is 3. The fourth-order valence-electron chi connectivity index (χ4n) is 3.60. The van der Waals surface area contributed by atoms with E-state index in [2.05, 4.69) is 10.6 Å². The fourth-order valence-corrected chi connectivity index (χ4v) is 3.60. The summed E-state index contributed by atoms with van der Waals surface area (Å²) in [6, 6.07) is 8.78. The van der Waals surface area contributed by atoms with E-state index in [1.165, 1.54) is 12.1 Å². The molecule has 0 spiro atoms. The number of anilines is 1. The molecule has 2 heterocycles. The largest absolute Gasteiger partial charge is 0.459 e. The Morgan fingerprint density at radius 2 is 2.04 bits per heavy atom. The molecule has 0 unspecified atom stereocenters. The number of nitrogens with one attached hydrogen (secondary N) is 2. The maximum absolute atomic E-state index is 13.5. The molecule has 6 nitrogen and oxygen atoms in total. The van der Waals surface area contributed by atoms with Gasteiger partial charge in [0.25, 0.3) is 5.91 Å². The predicted octanol–water partition coefficient (Wildman–Crippen LogP) is 4.35. The van der Waals surface area contributed by atoms with Crippen LogP contribution < -0.4 is 10.6 Å². The molecule has 4 rings (SSSR count). The van der Waals surface area contributed by atoms with Crippen molar-refractivity contribution in [3.8, 4) is 0 Å². The van der Waals surface area contributed by atoms with Crippen LogP contribution in [0.15, 0.2) is 40.8 Å². The molecule has 1 atom stereocenters. The third kappa shape index (κ3) is 3.09. The average Bonchev–Trinajstić information content (AvgIpc) is 3.11. The summed E-state index contributed by atoms with van der Waals surface area (Å²) in [5, 5.41) is 6.31. The van der Waals surface area contributed by atoms with Crippen LogP contribution in [-0.4, -0.2) is 23.9 Å². The summed E-state index contributed by atoms with van der Waals surface area (Å²) in [4.78, 5) is 26.0. The zero-order valence-electron chi connectivity index (χ0n) is 15.8. The third-order valence-corrected chi connectivity index (χ3v) is 5.02. The second kappa shape index (κ2) is 6.67. The minimum Gasteiger partial charge on any atom is -0.459 e. The molecular weight excluding hydrogens is 361 g/mol. The zero-order chi connectivity index (χ0) is 20.0. The molecule has 0 aliphatic carbocycles. The lowest BCUT2D eigenvalue weighted by atomic mass is 10.1. The lowest BCUT2D eigenvalue weighted by Crippen LogP contribution is -2.31. The van der Waals surface area contributed by atoms with Crippen molar-refractivity contribution in [3.63, 3.8) is 0 Å². The lowest BCUT2D eigenvalue weighted by molar-refractivity contribution is 0.0816. The number of benzene rings is 2. The summed E-state index contributed by atoms with van der Waals surface area (Å²) in [7, 11) is 1.74. The number of carbonyl (C=O) groups excluding carboxylic acids is 2. The van der Waals surface area contributed by atoms with Crippen molar-refractivity contribution in [2.75, 3.05) is 12.4 Å². The van der Waals surface area contributed by atoms with Crippen molar-refractivity contribution in [3.05, 3.63) is 64.7 Å². The first-order valence-corrected chi connectivity index (χ1v) is 8.98. The van der Waals surface area contributed by atoms with Crippen molar-refractivity contribution < 1.29 is 18.4 Å². The van der Waals surface area contributed by atoms with Gasteiger partial charge in [0.1, 0.15) is 17.2 Å². The summed E-state index contributed by atoms with van der Waals surface area (Å²) < 4.78 is 19.3. The Labute approximate surface area is 161 Å². The van der Waals surface area contributed by atoms with Crippen LogP contribution in [0, 0.1) is 12.7 Å². The number of urea groups is 1. The molecule has 0 radical (unpaired) electrons. The van der Waals surface area contributed by atoms with E-state index in [9.17, 15) is 14.0 Å². The number of aryl methyl sites for hydroxylation is 1. The molecule has 28 heavy (non-hydrogen) atoms. The smallest absolute Gasteiger partial charge is 0.319 e. The molecule has 1 aliphatic rings. The van der Waals surface area contributed by atoms with Crippen LogP contribution in [0.25, 0.3) is 11.0 Å². The van der Waals surface area contributed by atoms with Crippen molar-refractivity contribution in [1.29, 1.82) is 0 Å². The van der Waals surface area contributed by atoms with Crippen LogP contribution in [0.3, 0.4) is 0 Å². The zero-order valence-corrected chi connectivity index (χ0v) is 15.8. The lowest BCUT2D eigenvalue weighted by Gasteiger charge is -2.14. The van der Waals surface area contributed by atoms with Crippen LogP contribution in [0.5, 0.6) is 0 Å². The van der Waals surface area contributed by atoms with Crippen LogP contribution in [0.4, 0.5) is 14.9 Å². The van der Waals surface area contributed by atoms with Gasteiger partial charge in [0, 0.05) is 35.8 Å². The van der Waals surface area contributed by atoms with Gasteiger partial charge in [-0.3, -0.25) is 4.79 Å². The van der Waals surface area contributed by atoms with E-state index in [0.717, 1.165) is 11.1 Å². The summed E-state index contributed by atoms with van der Waals surface area (Å²) in [5.74, 6) is 0.232. The predicted molar refractivity (Wildman–Crippen MR) is 104 cm³/mol. The van der Waals surface area contributed by atoms with Gasteiger partial charge in [0.15, 0.2) is 0 Å². The van der Waals surface area contributed by atoms with Crippen LogP contribution >= 0.6 is 0 Å². The molecule has 0 saturated heterocycles. The topological polar surface area (TPSA) is 74.6 Å². The van der Waals surface area contributed by atoms with Gasteiger partial charge in [0.05, 0.1) is 6.04 Å². The van der Waals surface area contributed by atoms with Gasteiger partial charge in [0.2, 0.25) is 0 Å². The van der Waals surface area contributed by atoms with Crippen molar-refractivity contribution in [2.45, 2.75) is 26.4 Å². The Morgan fingerprint density at radius 1 is 1.25 bits per heavy atom.